The van der Waals surface area contributed by atoms with Crippen LogP contribution in [0.25, 0.3) is 0 Å². The second-order valence-corrected chi connectivity index (χ2v) is 6.34. The van der Waals surface area contributed by atoms with Gasteiger partial charge in [0.25, 0.3) is 0 Å². The van der Waals surface area contributed by atoms with Gasteiger partial charge in [0.05, 0.1) is 11.9 Å². The van der Waals surface area contributed by atoms with E-state index in [0.29, 0.717) is 11.0 Å². The standard InChI is InChI=1S/C12H20N2O4S/c15-8-5-10(12(17)18)14(6-8)11(16)7-19-9-1-3-13-4-2-9/h8-10,13,15H,1-7H2,(H,17,18). The van der Waals surface area contributed by atoms with Crippen molar-refractivity contribution in [2.75, 3.05) is 25.4 Å². The third-order valence-corrected chi connectivity index (χ3v) is 4.97. The molecule has 0 aromatic heterocycles. The third kappa shape index (κ3) is 3.84. The van der Waals surface area contributed by atoms with Crippen LogP contribution in [0.2, 0.25) is 0 Å². The van der Waals surface area contributed by atoms with Gasteiger partial charge >= 0.3 is 5.97 Å². The molecule has 0 aromatic rings. The zero-order chi connectivity index (χ0) is 13.8. The molecule has 2 rings (SSSR count). The molecule has 0 bridgehead atoms. The van der Waals surface area contributed by atoms with E-state index in [9.17, 15) is 14.7 Å². The summed E-state index contributed by atoms with van der Waals surface area (Å²) in [5, 5.41) is 22.3. The Hall–Kier alpha value is -0.790. The summed E-state index contributed by atoms with van der Waals surface area (Å²) in [6, 6.07) is -0.865. The number of hydrogen-bond donors (Lipinski definition) is 3. The molecule has 19 heavy (non-hydrogen) atoms. The number of amides is 1. The van der Waals surface area contributed by atoms with Crippen molar-refractivity contribution in [2.45, 2.75) is 36.7 Å². The van der Waals surface area contributed by atoms with Gasteiger partial charge in [-0.1, -0.05) is 0 Å². The predicted octanol–water partition coefficient (Wildman–Crippen LogP) is -0.482. The third-order valence-electron chi connectivity index (χ3n) is 3.61. The fraction of sp³-hybridized carbons (Fsp3) is 0.833. The van der Waals surface area contributed by atoms with Gasteiger partial charge < -0.3 is 20.4 Å². The highest BCUT2D eigenvalue weighted by Gasteiger charge is 2.38. The van der Waals surface area contributed by atoms with E-state index >= 15 is 0 Å². The lowest BCUT2D eigenvalue weighted by Crippen LogP contribution is -2.42. The Morgan fingerprint density at radius 3 is 2.63 bits per heavy atom. The summed E-state index contributed by atoms with van der Waals surface area (Å²) in [6.07, 6.45) is 1.51. The van der Waals surface area contributed by atoms with E-state index in [1.807, 2.05) is 0 Å². The second kappa shape index (κ2) is 6.58. The van der Waals surface area contributed by atoms with Gasteiger partial charge in [0, 0.05) is 18.2 Å². The first-order valence-electron chi connectivity index (χ1n) is 6.60. The summed E-state index contributed by atoms with van der Waals surface area (Å²) in [5.74, 6) is -0.898. The molecule has 2 aliphatic rings. The molecule has 7 heteroatoms. The van der Waals surface area contributed by atoms with Gasteiger partial charge in [-0.3, -0.25) is 4.79 Å². The number of carboxylic acid groups (broad SMARTS) is 1. The van der Waals surface area contributed by atoms with Gasteiger partial charge in [0.2, 0.25) is 5.91 Å². The molecule has 0 radical (unpaired) electrons. The number of rotatable bonds is 4. The SMILES string of the molecule is O=C(O)C1CC(O)CN1C(=O)CSC1CCNCC1. The lowest BCUT2D eigenvalue weighted by Gasteiger charge is -2.24. The molecule has 0 spiro atoms. The molecule has 6 nitrogen and oxygen atoms in total. The van der Waals surface area contributed by atoms with Crippen LogP contribution in [0, 0.1) is 0 Å². The maximum Gasteiger partial charge on any atom is 0.326 e. The van der Waals surface area contributed by atoms with Crippen molar-refractivity contribution in [1.82, 2.24) is 10.2 Å². The van der Waals surface area contributed by atoms with E-state index in [2.05, 4.69) is 5.32 Å². The van der Waals surface area contributed by atoms with E-state index in [-0.39, 0.29) is 18.9 Å². The predicted molar refractivity (Wildman–Crippen MR) is 72.1 cm³/mol. The fourth-order valence-electron chi connectivity index (χ4n) is 2.56. The van der Waals surface area contributed by atoms with Gasteiger partial charge in [-0.05, 0) is 25.9 Å². The summed E-state index contributed by atoms with van der Waals surface area (Å²) in [4.78, 5) is 24.4. The maximum absolute atomic E-state index is 12.1. The number of carbonyl (C=O) groups is 2. The number of carbonyl (C=O) groups excluding carboxylic acids is 1. The zero-order valence-corrected chi connectivity index (χ0v) is 11.6. The highest BCUT2D eigenvalue weighted by atomic mass is 32.2. The van der Waals surface area contributed by atoms with Gasteiger partial charge in [0.1, 0.15) is 6.04 Å². The average molecular weight is 288 g/mol. The number of β-amino-alcohol motifs (C(OH)–C–C–N with tert-alkyl or cyclic N) is 1. The van der Waals surface area contributed by atoms with Crippen LogP contribution < -0.4 is 5.32 Å². The topological polar surface area (TPSA) is 89.9 Å². The molecule has 0 saturated carbocycles. The quantitative estimate of drug-likeness (QED) is 0.647. The molecule has 0 aliphatic carbocycles. The Labute approximate surface area is 116 Å². The van der Waals surface area contributed by atoms with Gasteiger partial charge in [-0.2, -0.15) is 0 Å². The second-order valence-electron chi connectivity index (χ2n) is 5.05. The lowest BCUT2D eigenvalue weighted by molar-refractivity contribution is -0.147. The van der Waals surface area contributed by atoms with Crippen LogP contribution >= 0.6 is 11.8 Å². The van der Waals surface area contributed by atoms with Crippen molar-refractivity contribution >= 4 is 23.6 Å². The van der Waals surface area contributed by atoms with Crippen LogP contribution in [0.5, 0.6) is 0 Å². The van der Waals surface area contributed by atoms with Crippen molar-refractivity contribution < 1.29 is 19.8 Å². The van der Waals surface area contributed by atoms with Crippen LogP contribution in [0.3, 0.4) is 0 Å². The normalized spacial score (nSPS) is 28.6. The van der Waals surface area contributed by atoms with Crippen molar-refractivity contribution in [2.24, 2.45) is 0 Å². The molecule has 2 heterocycles. The summed E-state index contributed by atoms with van der Waals surface area (Å²) in [7, 11) is 0. The van der Waals surface area contributed by atoms with Crippen LogP contribution in [0.15, 0.2) is 0 Å². The molecular weight excluding hydrogens is 268 g/mol. The number of nitrogens with one attached hydrogen (secondary N) is 1. The largest absolute Gasteiger partial charge is 0.480 e. The van der Waals surface area contributed by atoms with Crippen molar-refractivity contribution in [1.29, 1.82) is 0 Å². The Morgan fingerprint density at radius 1 is 1.32 bits per heavy atom. The number of aliphatic hydroxyl groups is 1. The number of carboxylic acids is 1. The van der Waals surface area contributed by atoms with E-state index in [1.165, 1.54) is 4.90 Å². The lowest BCUT2D eigenvalue weighted by atomic mass is 10.2. The van der Waals surface area contributed by atoms with E-state index in [1.54, 1.807) is 11.8 Å². The molecule has 2 aliphatic heterocycles. The Bertz CT molecular complexity index is 347. The number of piperidine rings is 1. The van der Waals surface area contributed by atoms with Gasteiger partial charge in [0.15, 0.2) is 0 Å². The van der Waals surface area contributed by atoms with E-state index < -0.39 is 18.1 Å². The van der Waals surface area contributed by atoms with Crippen molar-refractivity contribution in [3.63, 3.8) is 0 Å². The minimum Gasteiger partial charge on any atom is -0.480 e. The number of likely N-dealkylation sites (tertiary alicyclic amines) is 1. The molecule has 1 amide bonds. The molecule has 2 atom stereocenters. The fourth-order valence-corrected chi connectivity index (χ4v) is 3.67. The zero-order valence-electron chi connectivity index (χ0n) is 10.7. The van der Waals surface area contributed by atoms with Crippen LogP contribution in [-0.2, 0) is 9.59 Å². The number of aliphatic carboxylic acids is 1. The maximum atomic E-state index is 12.1. The Morgan fingerprint density at radius 2 is 2.00 bits per heavy atom. The first-order chi connectivity index (χ1) is 9.08. The number of thioether (sulfide) groups is 1. The number of nitrogens with zero attached hydrogens (tertiary/aromatic N) is 1. The molecule has 2 fully saturated rings. The average Bonchev–Trinajstić information content (AvgIpc) is 2.79. The monoisotopic (exact) mass is 288 g/mol. The Balaban J connectivity index is 1.82. The summed E-state index contributed by atoms with van der Waals surface area (Å²) < 4.78 is 0. The van der Waals surface area contributed by atoms with E-state index in [0.717, 1.165) is 25.9 Å². The number of aliphatic hydroxyl groups excluding tert-OH is 1. The van der Waals surface area contributed by atoms with Gasteiger partial charge in [-0.25, -0.2) is 4.79 Å². The first kappa shape index (κ1) is 14.6. The van der Waals surface area contributed by atoms with Crippen molar-refractivity contribution in [3.8, 4) is 0 Å². The minimum atomic E-state index is -1.03. The smallest absolute Gasteiger partial charge is 0.326 e. The molecular formula is C12H20N2O4S. The van der Waals surface area contributed by atoms with Gasteiger partial charge in [-0.15, -0.1) is 11.8 Å². The highest BCUT2D eigenvalue weighted by Crippen LogP contribution is 2.23. The van der Waals surface area contributed by atoms with E-state index in [4.69, 9.17) is 5.11 Å². The summed E-state index contributed by atoms with van der Waals surface area (Å²) in [6.45, 7) is 2.10. The molecule has 0 aromatic carbocycles. The van der Waals surface area contributed by atoms with Crippen LogP contribution in [-0.4, -0.2) is 69.8 Å². The minimum absolute atomic E-state index is 0.138. The van der Waals surface area contributed by atoms with Crippen LogP contribution in [0.4, 0.5) is 0 Å². The molecule has 3 N–H and O–H groups in total. The molecule has 2 saturated heterocycles. The van der Waals surface area contributed by atoms with Crippen molar-refractivity contribution in [3.05, 3.63) is 0 Å². The van der Waals surface area contributed by atoms with Crippen LogP contribution in [0.1, 0.15) is 19.3 Å². The summed E-state index contributed by atoms with van der Waals surface area (Å²) >= 11 is 1.60. The first-order valence-corrected chi connectivity index (χ1v) is 7.65. The Kier molecular flexibility index (Phi) is 5.06. The molecule has 2 unspecified atom stereocenters. The summed E-state index contributed by atoms with van der Waals surface area (Å²) in [5.41, 5.74) is 0. The molecule has 108 valence electrons. The number of hydrogen-bond acceptors (Lipinski definition) is 5. The highest BCUT2D eigenvalue weighted by molar-refractivity contribution is 8.00.